The highest BCUT2D eigenvalue weighted by molar-refractivity contribution is 8.00. The summed E-state index contributed by atoms with van der Waals surface area (Å²) >= 11 is 7.31. The number of benzene rings is 2. The molecule has 2 aromatic carbocycles. The molecule has 1 fully saturated rings. The summed E-state index contributed by atoms with van der Waals surface area (Å²) in [4.78, 5) is 0. The highest BCUT2D eigenvalue weighted by Gasteiger charge is 2.44. The van der Waals surface area contributed by atoms with E-state index in [0.717, 1.165) is 47.9 Å². The van der Waals surface area contributed by atoms with Gasteiger partial charge in [-0.05, 0) is 42.3 Å². The Morgan fingerprint density at radius 2 is 1.72 bits per heavy atom. The van der Waals surface area contributed by atoms with Crippen LogP contribution >= 0.6 is 23.4 Å². The Morgan fingerprint density at radius 3 is 2.41 bits per heavy atom. The largest absolute Gasteiger partial charge is 0.494 e. The van der Waals surface area contributed by atoms with E-state index < -0.39 is 29.0 Å². The molecule has 1 heterocycles. The van der Waals surface area contributed by atoms with E-state index in [9.17, 15) is 20.4 Å². The van der Waals surface area contributed by atoms with Gasteiger partial charge in [0.05, 0.1) is 24.6 Å². The molecule has 0 bridgehead atoms. The maximum Gasteiger partial charge on any atom is 0.173 e. The number of aliphatic hydroxyl groups is 4. The second kappa shape index (κ2) is 12.1. The number of hydrogen-bond acceptors (Lipinski definition) is 7. The second-order valence-corrected chi connectivity index (χ2v) is 9.72. The lowest BCUT2D eigenvalue weighted by Crippen LogP contribution is -2.55. The number of unbranched alkanes of at least 4 members (excludes halogenated alkanes) is 2. The minimum absolute atomic E-state index is 0.337. The predicted octanol–water partition coefficient (Wildman–Crippen LogP) is 3.40. The van der Waals surface area contributed by atoms with E-state index in [-0.39, 0.29) is 6.61 Å². The number of thioether (sulfide) groups is 1. The Balaban J connectivity index is 1.70. The molecule has 6 nitrogen and oxygen atoms in total. The average Bonchev–Trinajstić information content (AvgIpc) is 2.79. The average molecular weight is 483 g/mol. The molecule has 2 aromatic rings. The highest BCUT2D eigenvalue weighted by Crippen LogP contribution is 2.36. The zero-order valence-electron chi connectivity index (χ0n) is 18.1. The van der Waals surface area contributed by atoms with Crippen molar-refractivity contribution in [1.29, 1.82) is 0 Å². The third-order valence-electron chi connectivity index (χ3n) is 5.45. The summed E-state index contributed by atoms with van der Waals surface area (Å²) in [5.41, 5.74) is 1.02. The number of aliphatic hydroxyl groups excluding tert-OH is 4. The van der Waals surface area contributed by atoms with Gasteiger partial charge in [-0.3, -0.25) is 0 Å². The lowest BCUT2D eigenvalue weighted by Gasteiger charge is -2.39. The topological polar surface area (TPSA) is 99.4 Å². The Labute approximate surface area is 198 Å². The third-order valence-corrected chi connectivity index (χ3v) is 7.10. The Kier molecular flexibility index (Phi) is 9.52. The van der Waals surface area contributed by atoms with Crippen molar-refractivity contribution in [1.82, 2.24) is 0 Å². The van der Waals surface area contributed by atoms with E-state index in [2.05, 4.69) is 6.92 Å². The molecule has 0 aliphatic carbocycles. The van der Waals surface area contributed by atoms with Crippen LogP contribution in [0.25, 0.3) is 0 Å². The smallest absolute Gasteiger partial charge is 0.173 e. The monoisotopic (exact) mass is 482 g/mol. The molecule has 0 radical (unpaired) electrons. The molecule has 32 heavy (non-hydrogen) atoms. The van der Waals surface area contributed by atoms with Crippen molar-refractivity contribution in [2.24, 2.45) is 0 Å². The van der Waals surface area contributed by atoms with Crippen LogP contribution in [0, 0.1) is 0 Å². The number of ether oxygens (including phenoxy) is 2. The summed E-state index contributed by atoms with van der Waals surface area (Å²) in [6.07, 6.45) is -0.0397. The lowest BCUT2D eigenvalue weighted by molar-refractivity contribution is -0.0910. The molecule has 8 heteroatoms. The van der Waals surface area contributed by atoms with E-state index in [4.69, 9.17) is 21.1 Å². The zero-order valence-corrected chi connectivity index (χ0v) is 19.6. The van der Waals surface area contributed by atoms with E-state index in [1.165, 1.54) is 0 Å². The standard InChI is InChI=1S/C24H31ClO6S/c1-2-3-4-11-30-18-8-5-15(6-9-18)12-16-13-17(25)7-10-19(16)31-24-23(29)22(28)21(27)20(14-26)32-24/h5-10,13,20-24,26-29H,2-4,11-12,14H2,1H3/t20-,21+,22-,23+,24-/m0/s1. The van der Waals surface area contributed by atoms with Crippen LogP contribution in [0.15, 0.2) is 42.5 Å². The number of rotatable bonds is 10. The summed E-state index contributed by atoms with van der Waals surface area (Å²) in [7, 11) is 0. The first-order valence-electron chi connectivity index (χ1n) is 10.9. The van der Waals surface area contributed by atoms with Gasteiger partial charge >= 0.3 is 0 Å². The fraction of sp³-hybridized carbons (Fsp3) is 0.500. The second-order valence-electron chi connectivity index (χ2n) is 7.94. The summed E-state index contributed by atoms with van der Waals surface area (Å²) in [5.74, 6) is 1.35. The van der Waals surface area contributed by atoms with Crippen molar-refractivity contribution in [3.63, 3.8) is 0 Å². The first-order chi connectivity index (χ1) is 15.4. The van der Waals surface area contributed by atoms with E-state index in [1.807, 2.05) is 24.3 Å². The molecular weight excluding hydrogens is 452 g/mol. The minimum Gasteiger partial charge on any atom is -0.494 e. The van der Waals surface area contributed by atoms with E-state index in [0.29, 0.717) is 23.8 Å². The molecule has 0 saturated carbocycles. The fourth-order valence-electron chi connectivity index (χ4n) is 3.56. The molecule has 0 aromatic heterocycles. The molecule has 1 aliphatic heterocycles. The van der Waals surface area contributed by atoms with Crippen LogP contribution in [0.1, 0.15) is 37.3 Å². The maximum absolute atomic E-state index is 10.4. The first-order valence-corrected chi connectivity index (χ1v) is 12.2. The SMILES string of the molecule is CCCCCOc1ccc(Cc2cc(Cl)ccc2O[C@H]2S[C@@H](CO)[C@@H](O)[C@H](O)[C@H]2O)cc1. The van der Waals surface area contributed by atoms with E-state index in [1.54, 1.807) is 18.2 Å². The Bertz CT molecular complexity index is 847. The molecule has 4 N–H and O–H groups in total. The van der Waals surface area contributed by atoms with Crippen molar-refractivity contribution in [3.05, 3.63) is 58.6 Å². The third kappa shape index (κ3) is 6.53. The predicted molar refractivity (Wildman–Crippen MR) is 127 cm³/mol. The summed E-state index contributed by atoms with van der Waals surface area (Å²) in [6.45, 7) is 2.53. The van der Waals surface area contributed by atoms with Crippen molar-refractivity contribution in [2.45, 2.75) is 61.6 Å². The molecule has 1 saturated heterocycles. The molecular formula is C24H31ClO6S. The van der Waals surface area contributed by atoms with Gasteiger partial charge in [-0.2, -0.15) is 0 Å². The maximum atomic E-state index is 10.4. The van der Waals surface area contributed by atoms with Gasteiger partial charge < -0.3 is 29.9 Å². The van der Waals surface area contributed by atoms with Crippen LogP contribution in [0.3, 0.4) is 0 Å². The molecule has 5 atom stereocenters. The van der Waals surface area contributed by atoms with E-state index >= 15 is 0 Å². The van der Waals surface area contributed by atoms with Gasteiger partial charge in [-0.15, -0.1) is 11.8 Å². The van der Waals surface area contributed by atoms with Gasteiger partial charge in [0.2, 0.25) is 0 Å². The molecule has 1 aliphatic rings. The van der Waals surface area contributed by atoms with Gasteiger partial charge in [-0.25, -0.2) is 0 Å². The van der Waals surface area contributed by atoms with Crippen LogP contribution in [-0.4, -0.2) is 62.6 Å². The van der Waals surface area contributed by atoms with Crippen LogP contribution < -0.4 is 9.47 Å². The summed E-state index contributed by atoms with van der Waals surface area (Å²) in [6, 6.07) is 13.1. The van der Waals surface area contributed by atoms with Crippen LogP contribution in [0.5, 0.6) is 11.5 Å². The summed E-state index contributed by atoms with van der Waals surface area (Å²) in [5, 5.41) is 39.9. The van der Waals surface area contributed by atoms with Crippen LogP contribution in [-0.2, 0) is 6.42 Å². The normalized spacial score (nSPS) is 25.5. The van der Waals surface area contributed by atoms with Gasteiger partial charge in [0, 0.05) is 17.0 Å². The first kappa shape index (κ1) is 25.1. The molecule has 0 unspecified atom stereocenters. The van der Waals surface area contributed by atoms with Crippen molar-refractivity contribution in [2.75, 3.05) is 13.2 Å². The van der Waals surface area contributed by atoms with Crippen molar-refractivity contribution < 1.29 is 29.9 Å². The van der Waals surface area contributed by atoms with Crippen LogP contribution in [0.2, 0.25) is 5.02 Å². The number of halogens is 1. The van der Waals surface area contributed by atoms with Gasteiger partial charge in [0.15, 0.2) is 5.44 Å². The molecule has 0 spiro atoms. The molecule has 3 rings (SSSR count). The van der Waals surface area contributed by atoms with Crippen LogP contribution in [0.4, 0.5) is 0 Å². The lowest BCUT2D eigenvalue weighted by atomic mass is 10.0. The quantitative estimate of drug-likeness (QED) is 0.385. The summed E-state index contributed by atoms with van der Waals surface area (Å²) < 4.78 is 11.8. The zero-order chi connectivity index (χ0) is 23.1. The highest BCUT2D eigenvalue weighted by atomic mass is 35.5. The van der Waals surface area contributed by atoms with Crippen molar-refractivity contribution in [3.8, 4) is 11.5 Å². The van der Waals surface area contributed by atoms with Gasteiger partial charge in [-0.1, -0.05) is 43.5 Å². The number of hydrogen-bond donors (Lipinski definition) is 4. The van der Waals surface area contributed by atoms with Gasteiger partial charge in [0.1, 0.15) is 23.7 Å². The Morgan fingerprint density at radius 1 is 0.969 bits per heavy atom. The minimum atomic E-state index is -1.40. The fourth-order valence-corrected chi connectivity index (χ4v) is 4.99. The Hall–Kier alpha value is -1.48. The van der Waals surface area contributed by atoms with Crippen molar-refractivity contribution >= 4 is 23.4 Å². The molecule has 0 amide bonds. The molecule has 176 valence electrons. The van der Waals surface area contributed by atoms with Gasteiger partial charge in [0.25, 0.3) is 0 Å².